The van der Waals surface area contributed by atoms with Gasteiger partial charge in [-0.25, -0.2) is 13.2 Å². The highest BCUT2D eigenvalue weighted by Gasteiger charge is 2.52. The maximum absolute atomic E-state index is 13.5. The Balaban J connectivity index is 1.08. The second kappa shape index (κ2) is 10.9. The minimum absolute atomic E-state index is 0.103. The van der Waals surface area contributed by atoms with Crippen LogP contribution in [0.3, 0.4) is 0 Å². The van der Waals surface area contributed by atoms with Gasteiger partial charge in [0.2, 0.25) is 5.91 Å². The van der Waals surface area contributed by atoms with Gasteiger partial charge in [0, 0.05) is 51.3 Å². The number of benzene rings is 2. The van der Waals surface area contributed by atoms with Gasteiger partial charge in [-0.1, -0.05) is 42.5 Å². The van der Waals surface area contributed by atoms with Gasteiger partial charge in [-0.3, -0.25) is 14.5 Å². The molecule has 218 valence electrons. The summed E-state index contributed by atoms with van der Waals surface area (Å²) in [6, 6.07) is 16.4. The smallest absolute Gasteiger partial charge is 0.325 e. The predicted octanol–water partition coefficient (Wildman–Crippen LogP) is 3.02. The number of carbonyl (C=O) groups excluding carboxylic acids is 3. The fourth-order valence-corrected chi connectivity index (χ4v) is 7.30. The first-order chi connectivity index (χ1) is 19.6. The third kappa shape index (κ3) is 5.90. The zero-order valence-corrected chi connectivity index (χ0v) is 24.3. The summed E-state index contributed by atoms with van der Waals surface area (Å²) in [6.07, 6.45) is 5.23. The van der Waals surface area contributed by atoms with Crippen molar-refractivity contribution in [2.24, 2.45) is 11.8 Å². The lowest BCUT2D eigenvalue weighted by Gasteiger charge is -2.38. The Morgan fingerprint density at radius 3 is 2.29 bits per heavy atom. The quantitative estimate of drug-likeness (QED) is 0.483. The molecule has 4 aliphatic rings. The van der Waals surface area contributed by atoms with Crippen LogP contribution >= 0.6 is 0 Å². The summed E-state index contributed by atoms with van der Waals surface area (Å²) in [4.78, 5) is 45.3. The molecule has 2 aromatic rings. The van der Waals surface area contributed by atoms with Crippen molar-refractivity contribution in [1.29, 1.82) is 0 Å². The molecule has 3 saturated heterocycles. The summed E-state index contributed by atoms with van der Waals surface area (Å²) in [5.41, 5.74) is 1.07. The van der Waals surface area contributed by atoms with Crippen LogP contribution < -0.4 is 5.32 Å². The number of urea groups is 1. The van der Waals surface area contributed by atoms with E-state index >= 15 is 0 Å². The van der Waals surface area contributed by atoms with E-state index in [0.29, 0.717) is 49.8 Å². The fourth-order valence-electron chi connectivity index (χ4n) is 6.67. The Labute approximate surface area is 241 Å². The second-order valence-corrected chi connectivity index (χ2v) is 14.4. The van der Waals surface area contributed by atoms with E-state index < -0.39 is 21.4 Å². The van der Waals surface area contributed by atoms with Gasteiger partial charge in [0.1, 0.15) is 5.54 Å². The molecule has 10 heteroatoms. The van der Waals surface area contributed by atoms with E-state index in [2.05, 4.69) is 39.4 Å². The minimum atomic E-state index is -3.32. The van der Waals surface area contributed by atoms with Gasteiger partial charge in [0.15, 0.2) is 9.84 Å². The number of nitrogens with zero attached hydrogens (tertiary/aromatic N) is 3. The van der Waals surface area contributed by atoms with E-state index in [1.807, 2.05) is 6.07 Å². The molecule has 1 spiro atoms. The number of hydrogen-bond acceptors (Lipinski definition) is 6. The average molecular weight is 579 g/mol. The first-order valence-corrected chi connectivity index (χ1v) is 16.5. The number of imide groups is 1. The number of amides is 4. The highest BCUT2D eigenvalue weighted by molar-refractivity contribution is 7.90. The molecule has 3 aliphatic heterocycles. The van der Waals surface area contributed by atoms with Gasteiger partial charge in [0.05, 0.1) is 11.4 Å². The summed E-state index contributed by atoms with van der Waals surface area (Å²) >= 11 is 0. The molecule has 2 atom stereocenters. The largest absolute Gasteiger partial charge is 0.342 e. The molecule has 1 saturated carbocycles. The van der Waals surface area contributed by atoms with Crippen molar-refractivity contribution in [3.63, 3.8) is 0 Å². The molecule has 4 amide bonds. The molecule has 0 radical (unpaired) electrons. The number of piperidine rings is 1. The summed E-state index contributed by atoms with van der Waals surface area (Å²) in [5.74, 6) is 1.23. The molecule has 0 bridgehead atoms. The molecule has 6 rings (SSSR count). The summed E-state index contributed by atoms with van der Waals surface area (Å²) < 4.78 is 23.5. The highest BCUT2D eigenvalue weighted by atomic mass is 32.2. The number of hydrogen-bond donors (Lipinski definition) is 1. The van der Waals surface area contributed by atoms with Crippen LogP contribution in [0.1, 0.15) is 49.1 Å². The maximum atomic E-state index is 13.5. The van der Waals surface area contributed by atoms with Crippen LogP contribution in [0.5, 0.6) is 0 Å². The van der Waals surface area contributed by atoms with Gasteiger partial charge >= 0.3 is 6.03 Å². The molecule has 3 heterocycles. The minimum Gasteiger partial charge on any atom is -0.342 e. The molecule has 0 unspecified atom stereocenters. The van der Waals surface area contributed by atoms with E-state index in [1.165, 1.54) is 35.4 Å². The first-order valence-electron chi connectivity index (χ1n) is 14.6. The number of rotatable bonds is 8. The van der Waals surface area contributed by atoms with Crippen LogP contribution in [0, 0.1) is 11.8 Å². The van der Waals surface area contributed by atoms with Gasteiger partial charge in [-0.05, 0) is 60.8 Å². The molecule has 9 nitrogen and oxygen atoms in total. The molecule has 2 aromatic carbocycles. The SMILES string of the molecule is CS(=O)(=O)c1ccc(CN2C(=O)NC3(CCN(C[C@H]4CN(C(=O)CC5CC5)C[C@@H]4c4ccccc4)CC3)C2=O)cc1. The third-order valence-corrected chi connectivity index (χ3v) is 10.5. The summed E-state index contributed by atoms with van der Waals surface area (Å²) in [6.45, 7) is 3.85. The van der Waals surface area contributed by atoms with Crippen molar-refractivity contribution >= 4 is 27.7 Å². The van der Waals surface area contributed by atoms with E-state index in [9.17, 15) is 22.8 Å². The van der Waals surface area contributed by atoms with Crippen molar-refractivity contribution in [2.45, 2.75) is 55.0 Å². The van der Waals surface area contributed by atoms with Crippen LogP contribution in [0.4, 0.5) is 4.79 Å². The Morgan fingerprint density at radius 1 is 0.976 bits per heavy atom. The zero-order chi connectivity index (χ0) is 28.8. The van der Waals surface area contributed by atoms with Crippen molar-refractivity contribution in [3.05, 3.63) is 65.7 Å². The van der Waals surface area contributed by atoms with Crippen molar-refractivity contribution in [1.82, 2.24) is 20.0 Å². The van der Waals surface area contributed by atoms with Crippen LogP contribution in [-0.4, -0.2) is 85.5 Å². The molecule has 1 aliphatic carbocycles. The molecule has 4 fully saturated rings. The lowest BCUT2D eigenvalue weighted by atomic mass is 9.85. The van der Waals surface area contributed by atoms with Crippen LogP contribution in [0.2, 0.25) is 0 Å². The zero-order valence-electron chi connectivity index (χ0n) is 23.5. The normalized spacial score (nSPS) is 24.7. The Hall–Kier alpha value is -3.24. The van der Waals surface area contributed by atoms with E-state index in [1.54, 1.807) is 12.1 Å². The summed E-state index contributed by atoms with van der Waals surface area (Å²) in [7, 11) is -3.32. The third-order valence-electron chi connectivity index (χ3n) is 9.32. The predicted molar refractivity (Wildman–Crippen MR) is 154 cm³/mol. The topological polar surface area (TPSA) is 107 Å². The first kappa shape index (κ1) is 27.9. The number of sulfone groups is 1. The molecule has 0 aromatic heterocycles. The van der Waals surface area contributed by atoms with Crippen LogP contribution in [0.25, 0.3) is 0 Å². The Morgan fingerprint density at radius 2 is 1.66 bits per heavy atom. The molecule has 1 N–H and O–H groups in total. The van der Waals surface area contributed by atoms with Gasteiger partial charge < -0.3 is 15.1 Å². The van der Waals surface area contributed by atoms with Crippen LogP contribution in [-0.2, 0) is 26.0 Å². The monoisotopic (exact) mass is 578 g/mol. The van der Waals surface area contributed by atoms with E-state index in [0.717, 1.165) is 25.9 Å². The second-order valence-electron chi connectivity index (χ2n) is 12.3. The molecular formula is C31H38N4O5S. The lowest BCUT2D eigenvalue weighted by molar-refractivity contribution is -0.133. The van der Waals surface area contributed by atoms with Crippen molar-refractivity contribution in [2.75, 3.05) is 39.0 Å². The van der Waals surface area contributed by atoms with Crippen molar-refractivity contribution in [3.8, 4) is 0 Å². The Bertz CT molecular complexity index is 1420. The lowest BCUT2D eigenvalue weighted by Crippen LogP contribution is -2.55. The average Bonchev–Trinajstić information content (AvgIpc) is 3.62. The van der Waals surface area contributed by atoms with Crippen molar-refractivity contribution < 1.29 is 22.8 Å². The Kier molecular flexibility index (Phi) is 7.40. The van der Waals surface area contributed by atoms with E-state index in [-0.39, 0.29) is 29.2 Å². The fraction of sp³-hybridized carbons (Fsp3) is 0.516. The number of nitrogens with one attached hydrogen (secondary N) is 1. The van der Waals surface area contributed by atoms with Gasteiger partial charge in [-0.15, -0.1) is 0 Å². The van der Waals surface area contributed by atoms with Gasteiger partial charge in [-0.2, -0.15) is 0 Å². The highest BCUT2D eigenvalue weighted by Crippen LogP contribution is 2.38. The van der Waals surface area contributed by atoms with Gasteiger partial charge in [0.25, 0.3) is 5.91 Å². The summed E-state index contributed by atoms with van der Waals surface area (Å²) in [5, 5.41) is 2.98. The number of likely N-dealkylation sites (tertiary alicyclic amines) is 2. The van der Waals surface area contributed by atoms with E-state index in [4.69, 9.17) is 0 Å². The van der Waals surface area contributed by atoms with Crippen LogP contribution in [0.15, 0.2) is 59.5 Å². The number of carbonyl (C=O) groups is 3. The maximum Gasteiger partial charge on any atom is 0.325 e. The molecule has 41 heavy (non-hydrogen) atoms. The molecular weight excluding hydrogens is 540 g/mol. The standard InChI is InChI=1S/C31H38N4O5S/c1-41(39,40)26-11-9-23(10-12-26)18-35-29(37)31(32-30(35)38)13-15-33(16-14-31)19-25-20-34(28(36)17-22-7-8-22)21-27(25)24-5-3-2-4-6-24/h2-6,9-12,22,25,27H,7-8,13-21H2,1H3,(H,32,38)/t25-,27+/m0/s1.